The maximum atomic E-state index is 5.51. The minimum Gasteiger partial charge on any atom is -0.377 e. The lowest BCUT2D eigenvalue weighted by Gasteiger charge is -2.03. The number of unbranched alkanes of at least 4 members (excludes halogenated alkanes) is 1. The minimum absolute atomic E-state index is 0.747. The Kier molecular flexibility index (Phi) is 5.39. The number of hydrogen-bond donors (Lipinski definition) is 0. The van der Waals surface area contributed by atoms with Crippen LogP contribution < -0.4 is 0 Å². The topological polar surface area (TPSA) is 9.23 Å². The molecular formula is C11H15IO. The van der Waals surface area contributed by atoms with Gasteiger partial charge in [-0.1, -0.05) is 25.5 Å². The summed E-state index contributed by atoms with van der Waals surface area (Å²) in [6.07, 6.45) is 2.36. The standard InChI is InChI=1S/C11H15IO/c1-2-3-7-13-9-10-5-4-6-11(12)8-10/h4-6,8H,2-3,7,9H2,1H3. The van der Waals surface area contributed by atoms with Crippen LogP contribution in [-0.2, 0) is 11.3 Å². The molecule has 0 fully saturated rings. The number of ether oxygens (including phenoxy) is 1. The Morgan fingerprint density at radius 2 is 2.23 bits per heavy atom. The third-order valence-electron chi connectivity index (χ3n) is 1.80. The summed E-state index contributed by atoms with van der Waals surface area (Å²) in [5.41, 5.74) is 1.27. The van der Waals surface area contributed by atoms with Gasteiger partial charge in [-0.2, -0.15) is 0 Å². The highest BCUT2D eigenvalue weighted by Crippen LogP contribution is 2.08. The van der Waals surface area contributed by atoms with Gasteiger partial charge in [0.15, 0.2) is 0 Å². The van der Waals surface area contributed by atoms with Crippen molar-refractivity contribution in [1.82, 2.24) is 0 Å². The van der Waals surface area contributed by atoms with Gasteiger partial charge in [0.05, 0.1) is 6.61 Å². The van der Waals surface area contributed by atoms with Crippen molar-refractivity contribution in [3.05, 3.63) is 33.4 Å². The molecular weight excluding hydrogens is 275 g/mol. The normalized spacial score (nSPS) is 10.3. The highest BCUT2D eigenvalue weighted by Gasteiger charge is 1.93. The average Bonchev–Trinajstić information content (AvgIpc) is 2.13. The average molecular weight is 290 g/mol. The maximum absolute atomic E-state index is 5.51. The number of hydrogen-bond acceptors (Lipinski definition) is 1. The Balaban J connectivity index is 2.28. The van der Waals surface area contributed by atoms with Gasteiger partial charge in [-0.3, -0.25) is 0 Å². The molecule has 0 aliphatic heterocycles. The molecule has 0 radical (unpaired) electrons. The van der Waals surface area contributed by atoms with Crippen molar-refractivity contribution >= 4 is 22.6 Å². The molecule has 2 heteroatoms. The molecule has 0 unspecified atom stereocenters. The molecule has 1 nitrogen and oxygen atoms in total. The van der Waals surface area contributed by atoms with E-state index in [0.717, 1.165) is 19.6 Å². The second-order valence-electron chi connectivity index (χ2n) is 3.04. The van der Waals surface area contributed by atoms with Crippen molar-refractivity contribution in [2.24, 2.45) is 0 Å². The molecule has 0 atom stereocenters. The monoisotopic (exact) mass is 290 g/mol. The van der Waals surface area contributed by atoms with E-state index in [0.29, 0.717) is 0 Å². The smallest absolute Gasteiger partial charge is 0.0717 e. The molecule has 0 saturated carbocycles. The number of halogens is 1. The SMILES string of the molecule is CCCCOCc1cccc(I)c1. The van der Waals surface area contributed by atoms with Gasteiger partial charge in [-0.05, 0) is 46.7 Å². The van der Waals surface area contributed by atoms with Crippen LogP contribution >= 0.6 is 22.6 Å². The second kappa shape index (κ2) is 6.38. The van der Waals surface area contributed by atoms with Crippen molar-refractivity contribution in [3.63, 3.8) is 0 Å². The molecule has 0 N–H and O–H groups in total. The van der Waals surface area contributed by atoms with E-state index < -0.39 is 0 Å². The fourth-order valence-electron chi connectivity index (χ4n) is 1.06. The van der Waals surface area contributed by atoms with Crippen LogP contribution in [0.5, 0.6) is 0 Å². The van der Waals surface area contributed by atoms with Crippen molar-refractivity contribution in [2.45, 2.75) is 26.4 Å². The van der Waals surface area contributed by atoms with Gasteiger partial charge >= 0.3 is 0 Å². The quantitative estimate of drug-likeness (QED) is 0.594. The van der Waals surface area contributed by atoms with Crippen LogP contribution in [0.3, 0.4) is 0 Å². The third-order valence-corrected chi connectivity index (χ3v) is 2.47. The highest BCUT2D eigenvalue weighted by molar-refractivity contribution is 14.1. The van der Waals surface area contributed by atoms with Gasteiger partial charge in [-0.15, -0.1) is 0 Å². The first-order valence-corrected chi connectivity index (χ1v) is 5.73. The lowest BCUT2D eigenvalue weighted by atomic mass is 10.2. The van der Waals surface area contributed by atoms with E-state index in [1.165, 1.54) is 15.6 Å². The Morgan fingerprint density at radius 3 is 2.92 bits per heavy atom. The predicted molar refractivity (Wildman–Crippen MR) is 63.7 cm³/mol. The zero-order valence-electron chi connectivity index (χ0n) is 7.92. The van der Waals surface area contributed by atoms with Gasteiger partial charge in [0.2, 0.25) is 0 Å². The summed E-state index contributed by atoms with van der Waals surface area (Å²) >= 11 is 2.32. The third kappa shape index (κ3) is 4.62. The van der Waals surface area contributed by atoms with Crippen LogP contribution in [0.15, 0.2) is 24.3 Å². The number of rotatable bonds is 5. The predicted octanol–water partition coefficient (Wildman–Crippen LogP) is 3.61. The first-order chi connectivity index (χ1) is 6.33. The van der Waals surface area contributed by atoms with Crippen LogP contribution in [0.4, 0.5) is 0 Å². The van der Waals surface area contributed by atoms with Gasteiger partial charge < -0.3 is 4.74 Å². The van der Waals surface area contributed by atoms with E-state index in [4.69, 9.17) is 4.74 Å². The lowest BCUT2D eigenvalue weighted by molar-refractivity contribution is 0.118. The van der Waals surface area contributed by atoms with Crippen molar-refractivity contribution in [2.75, 3.05) is 6.61 Å². The van der Waals surface area contributed by atoms with Crippen LogP contribution in [0.1, 0.15) is 25.3 Å². The lowest BCUT2D eigenvalue weighted by Crippen LogP contribution is -1.94. The van der Waals surface area contributed by atoms with Crippen molar-refractivity contribution < 1.29 is 4.74 Å². The molecule has 1 aromatic carbocycles. The van der Waals surface area contributed by atoms with E-state index >= 15 is 0 Å². The minimum atomic E-state index is 0.747. The van der Waals surface area contributed by atoms with E-state index in [1.54, 1.807) is 0 Å². The zero-order valence-corrected chi connectivity index (χ0v) is 10.1. The van der Waals surface area contributed by atoms with Crippen molar-refractivity contribution in [3.8, 4) is 0 Å². The zero-order chi connectivity index (χ0) is 9.52. The van der Waals surface area contributed by atoms with Crippen LogP contribution in [0, 0.1) is 3.57 Å². The largest absolute Gasteiger partial charge is 0.377 e. The highest BCUT2D eigenvalue weighted by atomic mass is 127. The molecule has 0 aromatic heterocycles. The molecule has 1 rings (SSSR count). The van der Waals surface area contributed by atoms with E-state index in [-0.39, 0.29) is 0 Å². The van der Waals surface area contributed by atoms with E-state index in [1.807, 2.05) is 0 Å². The fraction of sp³-hybridized carbons (Fsp3) is 0.455. The summed E-state index contributed by atoms with van der Waals surface area (Å²) < 4.78 is 6.78. The molecule has 72 valence electrons. The Labute approximate surface area is 93.6 Å². The van der Waals surface area contributed by atoms with Crippen LogP contribution in [-0.4, -0.2) is 6.61 Å². The molecule has 0 bridgehead atoms. The number of benzene rings is 1. The molecule has 0 heterocycles. The molecule has 13 heavy (non-hydrogen) atoms. The summed E-state index contributed by atoms with van der Waals surface area (Å²) in [5.74, 6) is 0. The van der Waals surface area contributed by atoms with E-state index in [2.05, 4.69) is 53.8 Å². The molecule has 0 amide bonds. The summed E-state index contributed by atoms with van der Waals surface area (Å²) in [6, 6.07) is 8.43. The van der Waals surface area contributed by atoms with Gasteiger partial charge in [0, 0.05) is 10.2 Å². The molecule has 0 saturated heterocycles. The maximum Gasteiger partial charge on any atom is 0.0717 e. The summed E-state index contributed by atoms with van der Waals surface area (Å²) in [4.78, 5) is 0. The summed E-state index contributed by atoms with van der Waals surface area (Å²) in [7, 11) is 0. The Bertz CT molecular complexity index is 248. The molecule has 1 aromatic rings. The molecule has 0 spiro atoms. The summed E-state index contributed by atoms with van der Waals surface area (Å²) in [5, 5.41) is 0. The first-order valence-electron chi connectivity index (χ1n) is 4.65. The Morgan fingerprint density at radius 1 is 1.38 bits per heavy atom. The fourth-order valence-corrected chi connectivity index (χ4v) is 1.67. The molecule has 0 aliphatic carbocycles. The first kappa shape index (κ1) is 11.0. The van der Waals surface area contributed by atoms with Crippen molar-refractivity contribution in [1.29, 1.82) is 0 Å². The van der Waals surface area contributed by atoms with Gasteiger partial charge in [-0.25, -0.2) is 0 Å². The molecule has 0 aliphatic rings. The second-order valence-corrected chi connectivity index (χ2v) is 4.28. The van der Waals surface area contributed by atoms with E-state index in [9.17, 15) is 0 Å². The Hall–Kier alpha value is -0.0900. The van der Waals surface area contributed by atoms with Crippen LogP contribution in [0.2, 0.25) is 0 Å². The van der Waals surface area contributed by atoms with Gasteiger partial charge in [0.25, 0.3) is 0 Å². The summed E-state index contributed by atoms with van der Waals surface area (Å²) in [6.45, 7) is 3.80. The van der Waals surface area contributed by atoms with Crippen LogP contribution in [0.25, 0.3) is 0 Å². The van der Waals surface area contributed by atoms with Gasteiger partial charge in [0.1, 0.15) is 0 Å².